The molecule has 0 saturated heterocycles. The van der Waals surface area contributed by atoms with Crippen molar-refractivity contribution in [2.75, 3.05) is 0 Å². The van der Waals surface area contributed by atoms with Crippen molar-refractivity contribution >= 4 is 16.6 Å². The molecule has 0 N–H and O–H groups in total. The maximum atomic E-state index is 13.3. The van der Waals surface area contributed by atoms with Gasteiger partial charge in [0.2, 0.25) is 0 Å². The van der Waals surface area contributed by atoms with E-state index in [2.05, 4.69) is 0 Å². The van der Waals surface area contributed by atoms with Gasteiger partial charge in [0, 0.05) is 0 Å². The highest BCUT2D eigenvalue weighted by Crippen LogP contribution is 2.21. The van der Waals surface area contributed by atoms with Gasteiger partial charge >= 0.3 is 0 Å². The fraction of sp³-hybridized carbons (Fsp3) is 0.0833. The molecule has 2 rings (SSSR count). The SMILES string of the molecule is CC(=O)c1c(F)ccc2ccccc12. The molecule has 0 spiro atoms. The molecule has 70 valence electrons. The Morgan fingerprint density at radius 1 is 1.14 bits per heavy atom. The van der Waals surface area contributed by atoms with Crippen LogP contribution < -0.4 is 0 Å². The Kier molecular flexibility index (Phi) is 2.04. The third kappa shape index (κ3) is 1.29. The number of hydrogen-bond donors (Lipinski definition) is 0. The molecule has 0 fully saturated rings. The second kappa shape index (κ2) is 3.22. The van der Waals surface area contributed by atoms with Gasteiger partial charge in [-0.25, -0.2) is 4.39 Å². The van der Waals surface area contributed by atoms with Crippen LogP contribution in [0.25, 0.3) is 10.8 Å². The second-order valence-electron chi connectivity index (χ2n) is 3.20. The van der Waals surface area contributed by atoms with Gasteiger partial charge in [-0.1, -0.05) is 30.3 Å². The molecule has 0 aromatic heterocycles. The fourth-order valence-electron chi connectivity index (χ4n) is 1.60. The lowest BCUT2D eigenvalue weighted by Gasteiger charge is -2.03. The molecule has 0 amide bonds. The molecule has 2 aromatic carbocycles. The molecular weight excluding hydrogens is 179 g/mol. The molecule has 0 saturated carbocycles. The molecular formula is C12H9FO. The zero-order valence-corrected chi connectivity index (χ0v) is 7.75. The monoisotopic (exact) mass is 188 g/mol. The van der Waals surface area contributed by atoms with E-state index in [9.17, 15) is 9.18 Å². The summed E-state index contributed by atoms with van der Waals surface area (Å²) in [4.78, 5) is 11.2. The van der Waals surface area contributed by atoms with Crippen LogP contribution in [-0.2, 0) is 0 Å². The van der Waals surface area contributed by atoms with Crippen LogP contribution in [0.15, 0.2) is 36.4 Å². The number of carbonyl (C=O) groups excluding carboxylic acids is 1. The Morgan fingerprint density at radius 2 is 1.86 bits per heavy atom. The predicted octanol–water partition coefficient (Wildman–Crippen LogP) is 3.18. The minimum absolute atomic E-state index is 0.183. The van der Waals surface area contributed by atoms with Crippen molar-refractivity contribution in [1.29, 1.82) is 0 Å². The van der Waals surface area contributed by atoms with E-state index >= 15 is 0 Å². The summed E-state index contributed by atoms with van der Waals surface area (Å²) in [7, 11) is 0. The number of hydrogen-bond acceptors (Lipinski definition) is 1. The minimum Gasteiger partial charge on any atom is -0.294 e. The summed E-state index contributed by atoms with van der Waals surface area (Å²) in [6.07, 6.45) is 0. The van der Waals surface area contributed by atoms with Gasteiger partial charge in [-0.15, -0.1) is 0 Å². The van der Waals surface area contributed by atoms with Gasteiger partial charge < -0.3 is 0 Å². The van der Waals surface area contributed by atoms with Crippen LogP contribution in [0.1, 0.15) is 17.3 Å². The van der Waals surface area contributed by atoms with E-state index < -0.39 is 5.82 Å². The zero-order chi connectivity index (χ0) is 10.1. The number of carbonyl (C=O) groups is 1. The Balaban J connectivity index is 2.90. The van der Waals surface area contributed by atoms with Gasteiger partial charge in [0.1, 0.15) is 5.82 Å². The van der Waals surface area contributed by atoms with Crippen LogP contribution in [0.4, 0.5) is 4.39 Å². The van der Waals surface area contributed by atoms with Crippen molar-refractivity contribution in [2.45, 2.75) is 6.92 Å². The second-order valence-corrected chi connectivity index (χ2v) is 3.20. The van der Waals surface area contributed by atoms with Gasteiger partial charge in [-0.05, 0) is 23.8 Å². The summed E-state index contributed by atoms with van der Waals surface area (Å²) >= 11 is 0. The lowest BCUT2D eigenvalue weighted by Crippen LogP contribution is -1.97. The summed E-state index contributed by atoms with van der Waals surface area (Å²) in [5.41, 5.74) is 0.183. The first-order valence-electron chi connectivity index (χ1n) is 4.38. The molecule has 2 aromatic rings. The quantitative estimate of drug-likeness (QED) is 0.628. The molecule has 0 aliphatic carbocycles. The molecule has 0 aliphatic heterocycles. The molecule has 0 aliphatic rings. The van der Waals surface area contributed by atoms with Crippen LogP contribution >= 0.6 is 0 Å². The van der Waals surface area contributed by atoms with E-state index in [0.29, 0.717) is 5.39 Å². The third-order valence-electron chi connectivity index (χ3n) is 2.23. The van der Waals surface area contributed by atoms with E-state index in [-0.39, 0.29) is 11.3 Å². The van der Waals surface area contributed by atoms with Gasteiger partial charge in [0.15, 0.2) is 5.78 Å². The van der Waals surface area contributed by atoms with Crippen LogP contribution in [0, 0.1) is 5.82 Å². The van der Waals surface area contributed by atoms with Gasteiger partial charge in [0.25, 0.3) is 0 Å². The molecule has 2 heteroatoms. The van der Waals surface area contributed by atoms with E-state index in [0.717, 1.165) is 5.39 Å². The molecule has 14 heavy (non-hydrogen) atoms. The highest BCUT2D eigenvalue weighted by atomic mass is 19.1. The van der Waals surface area contributed by atoms with Crippen LogP contribution in [0.3, 0.4) is 0 Å². The maximum Gasteiger partial charge on any atom is 0.163 e. The summed E-state index contributed by atoms with van der Waals surface area (Å²) < 4.78 is 13.3. The van der Waals surface area contributed by atoms with Crippen molar-refractivity contribution in [3.8, 4) is 0 Å². The van der Waals surface area contributed by atoms with Crippen molar-refractivity contribution < 1.29 is 9.18 Å². The first kappa shape index (κ1) is 8.88. The standard InChI is InChI=1S/C12H9FO/c1-8(14)12-10-5-3-2-4-9(10)6-7-11(12)13/h2-7H,1H3. The number of halogens is 1. The number of rotatable bonds is 1. The van der Waals surface area contributed by atoms with Crippen molar-refractivity contribution in [2.24, 2.45) is 0 Å². The molecule has 0 bridgehead atoms. The summed E-state index contributed by atoms with van der Waals surface area (Å²) in [6.45, 7) is 1.38. The average Bonchev–Trinajstić information content (AvgIpc) is 2.17. The van der Waals surface area contributed by atoms with E-state index in [1.807, 2.05) is 12.1 Å². The third-order valence-corrected chi connectivity index (χ3v) is 2.23. The Morgan fingerprint density at radius 3 is 2.57 bits per heavy atom. The molecule has 0 unspecified atom stereocenters. The van der Waals surface area contributed by atoms with E-state index in [1.165, 1.54) is 13.0 Å². The van der Waals surface area contributed by atoms with Crippen LogP contribution in [-0.4, -0.2) is 5.78 Å². The summed E-state index contributed by atoms with van der Waals surface area (Å²) in [5.74, 6) is -0.685. The maximum absolute atomic E-state index is 13.3. The lowest BCUT2D eigenvalue weighted by molar-refractivity contribution is 0.101. The Labute approximate surface area is 81.2 Å². The van der Waals surface area contributed by atoms with Crippen molar-refractivity contribution in [1.82, 2.24) is 0 Å². The van der Waals surface area contributed by atoms with E-state index in [1.54, 1.807) is 18.2 Å². The number of ketones is 1. The largest absolute Gasteiger partial charge is 0.294 e. The molecule has 1 nitrogen and oxygen atoms in total. The predicted molar refractivity (Wildman–Crippen MR) is 53.9 cm³/mol. The Bertz CT molecular complexity index is 503. The number of Topliss-reactive ketones (excluding diaryl/α,β-unsaturated/α-hetero) is 1. The number of benzene rings is 2. The fourth-order valence-corrected chi connectivity index (χ4v) is 1.60. The highest BCUT2D eigenvalue weighted by molar-refractivity contribution is 6.07. The highest BCUT2D eigenvalue weighted by Gasteiger charge is 2.10. The van der Waals surface area contributed by atoms with Crippen molar-refractivity contribution in [3.63, 3.8) is 0 Å². The first-order chi connectivity index (χ1) is 6.70. The summed E-state index contributed by atoms with van der Waals surface area (Å²) in [5, 5.41) is 1.57. The molecule has 0 atom stereocenters. The van der Waals surface area contributed by atoms with Crippen LogP contribution in [0.2, 0.25) is 0 Å². The van der Waals surface area contributed by atoms with E-state index in [4.69, 9.17) is 0 Å². The first-order valence-corrected chi connectivity index (χ1v) is 4.38. The van der Waals surface area contributed by atoms with Gasteiger partial charge in [-0.3, -0.25) is 4.79 Å². The number of fused-ring (bicyclic) bond motifs is 1. The zero-order valence-electron chi connectivity index (χ0n) is 7.75. The van der Waals surface area contributed by atoms with Crippen molar-refractivity contribution in [3.05, 3.63) is 47.8 Å². The average molecular weight is 188 g/mol. The van der Waals surface area contributed by atoms with Crippen LogP contribution in [0.5, 0.6) is 0 Å². The molecule has 0 heterocycles. The lowest BCUT2D eigenvalue weighted by atomic mass is 10.0. The minimum atomic E-state index is -0.448. The topological polar surface area (TPSA) is 17.1 Å². The van der Waals surface area contributed by atoms with Gasteiger partial charge in [-0.2, -0.15) is 0 Å². The van der Waals surface area contributed by atoms with Gasteiger partial charge in [0.05, 0.1) is 5.56 Å². The normalized spacial score (nSPS) is 10.4. The summed E-state index contributed by atoms with van der Waals surface area (Å²) in [6, 6.07) is 10.3. The Hall–Kier alpha value is -1.70. The molecule has 0 radical (unpaired) electrons. The smallest absolute Gasteiger partial charge is 0.163 e.